The molecule has 1 aromatic rings. The molecule has 3 unspecified atom stereocenters. The number of likely N-dealkylation sites (tertiary alicyclic amines) is 1. The van der Waals surface area contributed by atoms with Crippen molar-refractivity contribution in [1.29, 1.82) is 0 Å². The van der Waals surface area contributed by atoms with Crippen LogP contribution in [-0.4, -0.2) is 83.3 Å². The molecule has 0 spiro atoms. The summed E-state index contributed by atoms with van der Waals surface area (Å²) in [5.74, 6) is 2.16. The Balaban J connectivity index is 0.00000480. The number of aliphatic imine (C=N–C) groups is 1. The fourth-order valence-electron chi connectivity index (χ4n) is 3.82. The highest BCUT2D eigenvalue weighted by Crippen LogP contribution is 2.31. The summed E-state index contributed by atoms with van der Waals surface area (Å²) in [5, 5.41) is 3.37. The zero-order valence-electron chi connectivity index (χ0n) is 19.7. The van der Waals surface area contributed by atoms with E-state index >= 15 is 0 Å². The molecule has 3 atom stereocenters. The van der Waals surface area contributed by atoms with Crippen molar-refractivity contribution in [3.63, 3.8) is 0 Å². The predicted octanol–water partition coefficient (Wildman–Crippen LogP) is 2.63. The van der Waals surface area contributed by atoms with E-state index in [1.54, 1.807) is 14.2 Å². The summed E-state index contributed by atoms with van der Waals surface area (Å²) >= 11 is 0. The normalized spacial score (nSPS) is 19.6. The van der Waals surface area contributed by atoms with Crippen molar-refractivity contribution < 1.29 is 19.0 Å². The van der Waals surface area contributed by atoms with Gasteiger partial charge in [-0.1, -0.05) is 13.0 Å². The first kappa shape index (κ1) is 27.3. The molecule has 1 aliphatic heterocycles. The number of rotatable bonds is 8. The molecule has 1 aliphatic rings. The number of nitrogens with zero attached hydrogens (tertiary/aromatic N) is 3. The minimum atomic E-state index is -0.155. The molecule has 1 N–H and O–H groups in total. The molecular weight excluding hydrogens is 511 g/mol. The summed E-state index contributed by atoms with van der Waals surface area (Å²) in [7, 11) is 8.79. The van der Waals surface area contributed by atoms with Crippen molar-refractivity contribution in [1.82, 2.24) is 15.1 Å². The highest BCUT2D eigenvalue weighted by atomic mass is 127. The quantitative estimate of drug-likeness (QED) is 0.232. The first-order valence-electron chi connectivity index (χ1n) is 10.4. The molecule has 1 fully saturated rings. The lowest BCUT2D eigenvalue weighted by atomic mass is 9.99. The lowest BCUT2D eigenvalue weighted by Gasteiger charge is -2.26. The predicted molar refractivity (Wildman–Crippen MR) is 134 cm³/mol. The molecule has 8 nitrogen and oxygen atoms in total. The molecule has 1 saturated heterocycles. The maximum atomic E-state index is 12.1. The molecule has 1 heterocycles. The molecule has 0 radical (unpaired) electrons. The average Bonchev–Trinajstić information content (AvgIpc) is 3.13. The maximum Gasteiger partial charge on any atom is 0.310 e. The minimum Gasteiger partial charge on any atom is -0.493 e. The SMILES string of the molecule is CCNC(=NCC(c1ccc(OC)c(OC)c1)N(C)C)N1CC(C)C(C(=O)OC)C1.I. The summed E-state index contributed by atoms with van der Waals surface area (Å²) < 4.78 is 15.8. The van der Waals surface area contributed by atoms with Crippen LogP contribution in [-0.2, 0) is 9.53 Å². The zero-order valence-corrected chi connectivity index (χ0v) is 22.0. The highest BCUT2D eigenvalue weighted by Gasteiger charge is 2.37. The van der Waals surface area contributed by atoms with Crippen molar-refractivity contribution >= 4 is 35.9 Å². The first-order valence-corrected chi connectivity index (χ1v) is 10.4. The van der Waals surface area contributed by atoms with Gasteiger partial charge in [0.15, 0.2) is 17.5 Å². The van der Waals surface area contributed by atoms with E-state index in [1.165, 1.54) is 7.11 Å². The number of carbonyl (C=O) groups excluding carboxylic acids is 1. The van der Waals surface area contributed by atoms with Gasteiger partial charge in [0.1, 0.15) is 0 Å². The number of halogens is 1. The van der Waals surface area contributed by atoms with Gasteiger partial charge in [0, 0.05) is 19.6 Å². The van der Waals surface area contributed by atoms with Crippen molar-refractivity contribution in [3.05, 3.63) is 23.8 Å². The van der Waals surface area contributed by atoms with Gasteiger partial charge in [-0.3, -0.25) is 9.79 Å². The van der Waals surface area contributed by atoms with E-state index in [0.717, 1.165) is 24.6 Å². The summed E-state index contributed by atoms with van der Waals surface area (Å²) in [4.78, 5) is 21.3. The Morgan fingerprint density at radius 3 is 2.45 bits per heavy atom. The second-order valence-corrected chi connectivity index (χ2v) is 7.80. The smallest absolute Gasteiger partial charge is 0.310 e. The number of ether oxygens (including phenoxy) is 3. The van der Waals surface area contributed by atoms with E-state index in [-0.39, 0.29) is 47.8 Å². The van der Waals surface area contributed by atoms with Crippen LogP contribution in [0.15, 0.2) is 23.2 Å². The van der Waals surface area contributed by atoms with E-state index < -0.39 is 0 Å². The number of hydrogen-bond donors (Lipinski definition) is 1. The van der Waals surface area contributed by atoms with Gasteiger partial charge in [-0.15, -0.1) is 24.0 Å². The van der Waals surface area contributed by atoms with Crippen LogP contribution in [0.3, 0.4) is 0 Å². The molecule has 0 bridgehead atoms. The summed E-state index contributed by atoms with van der Waals surface area (Å²) in [5.41, 5.74) is 1.10. The Bertz CT molecular complexity index is 744. The number of carbonyl (C=O) groups is 1. The Kier molecular flexibility index (Phi) is 11.4. The summed E-state index contributed by atoms with van der Waals surface area (Å²) in [6, 6.07) is 6.02. The van der Waals surface area contributed by atoms with Gasteiger partial charge in [0.25, 0.3) is 0 Å². The topological polar surface area (TPSA) is 75.6 Å². The fraction of sp³-hybridized carbons (Fsp3) is 0.636. The van der Waals surface area contributed by atoms with Crippen molar-refractivity contribution in [2.45, 2.75) is 19.9 Å². The summed E-state index contributed by atoms with van der Waals surface area (Å²) in [6.07, 6.45) is 0. The third-order valence-corrected chi connectivity index (χ3v) is 5.58. The van der Waals surface area contributed by atoms with Crippen molar-refractivity contribution in [3.8, 4) is 11.5 Å². The molecule has 0 amide bonds. The van der Waals surface area contributed by atoms with Crippen LogP contribution in [0.25, 0.3) is 0 Å². The van der Waals surface area contributed by atoms with E-state index in [9.17, 15) is 4.79 Å². The minimum absolute atomic E-state index is 0. The number of nitrogens with one attached hydrogen (secondary N) is 1. The standard InChI is InChI=1S/C22H36N4O4.HI/c1-8-23-22(26-13-15(2)17(14-26)21(27)30-7)24-12-18(25(3)4)16-9-10-19(28-5)20(11-16)29-6;/h9-11,15,17-18H,8,12-14H2,1-7H3,(H,23,24);1H. The lowest BCUT2D eigenvalue weighted by molar-refractivity contribution is -0.145. The van der Waals surface area contributed by atoms with Crippen molar-refractivity contribution in [2.75, 3.05) is 61.6 Å². The molecule has 9 heteroatoms. The second kappa shape index (κ2) is 12.9. The number of methoxy groups -OCH3 is 3. The largest absolute Gasteiger partial charge is 0.493 e. The van der Waals surface area contributed by atoms with Crippen LogP contribution in [0, 0.1) is 11.8 Å². The summed E-state index contributed by atoms with van der Waals surface area (Å²) in [6.45, 7) is 6.84. The van der Waals surface area contributed by atoms with Gasteiger partial charge >= 0.3 is 5.97 Å². The third kappa shape index (κ3) is 6.86. The number of likely N-dealkylation sites (N-methyl/N-ethyl adjacent to an activating group) is 1. The third-order valence-electron chi connectivity index (χ3n) is 5.58. The van der Waals surface area contributed by atoms with Gasteiger partial charge in [-0.25, -0.2) is 0 Å². The fourth-order valence-corrected chi connectivity index (χ4v) is 3.82. The Morgan fingerprint density at radius 2 is 1.90 bits per heavy atom. The van der Waals surface area contributed by atoms with Gasteiger partial charge in [0.05, 0.1) is 39.8 Å². The molecule has 31 heavy (non-hydrogen) atoms. The number of hydrogen-bond acceptors (Lipinski definition) is 6. The molecule has 0 aromatic heterocycles. The average molecular weight is 548 g/mol. The van der Waals surface area contributed by atoms with Crippen LogP contribution < -0.4 is 14.8 Å². The van der Waals surface area contributed by atoms with Crippen LogP contribution in [0.4, 0.5) is 0 Å². The van der Waals surface area contributed by atoms with E-state index in [0.29, 0.717) is 24.6 Å². The van der Waals surface area contributed by atoms with Crippen LogP contribution in [0.2, 0.25) is 0 Å². The molecule has 0 saturated carbocycles. The zero-order chi connectivity index (χ0) is 22.3. The van der Waals surface area contributed by atoms with Crippen LogP contribution in [0.1, 0.15) is 25.5 Å². The number of guanidine groups is 1. The molecule has 1 aromatic carbocycles. The first-order chi connectivity index (χ1) is 14.4. The van der Waals surface area contributed by atoms with Crippen LogP contribution in [0.5, 0.6) is 11.5 Å². The molecule has 176 valence electrons. The van der Waals surface area contributed by atoms with Gasteiger partial charge in [-0.2, -0.15) is 0 Å². The number of benzene rings is 1. The Labute approximate surface area is 203 Å². The van der Waals surface area contributed by atoms with E-state index in [4.69, 9.17) is 19.2 Å². The van der Waals surface area contributed by atoms with E-state index in [1.807, 2.05) is 39.2 Å². The van der Waals surface area contributed by atoms with Gasteiger partial charge < -0.3 is 29.3 Å². The Hall–Kier alpha value is -1.75. The van der Waals surface area contributed by atoms with Crippen molar-refractivity contribution in [2.24, 2.45) is 16.8 Å². The Morgan fingerprint density at radius 1 is 1.23 bits per heavy atom. The number of esters is 1. The van der Waals surface area contributed by atoms with Crippen LogP contribution >= 0.6 is 24.0 Å². The maximum absolute atomic E-state index is 12.1. The second-order valence-electron chi connectivity index (χ2n) is 7.80. The highest BCUT2D eigenvalue weighted by molar-refractivity contribution is 14.0. The molecule has 2 rings (SSSR count). The van der Waals surface area contributed by atoms with E-state index in [2.05, 4.69) is 22.0 Å². The van der Waals surface area contributed by atoms with Gasteiger partial charge in [0.2, 0.25) is 0 Å². The monoisotopic (exact) mass is 548 g/mol. The molecule has 0 aliphatic carbocycles. The van der Waals surface area contributed by atoms with Gasteiger partial charge in [-0.05, 0) is 44.6 Å². The lowest BCUT2D eigenvalue weighted by Crippen LogP contribution is -2.41. The molecular formula is C22H37IN4O4.